The van der Waals surface area contributed by atoms with Crippen LogP contribution in [0.2, 0.25) is 0 Å². The highest BCUT2D eigenvalue weighted by Gasteiger charge is 2.19. The molecule has 0 aromatic heterocycles. The lowest BCUT2D eigenvalue weighted by atomic mass is 9.82. The van der Waals surface area contributed by atoms with Crippen molar-refractivity contribution in [2.45, 2.75) is 52.1 Å². The van der Waals surface area contributed by atoms with Crippen molar-refractivity contribution < 1.29 is 9.53 Å². The van der Waals surface area contributed by atoms with Crippen molar-refractivity contribution in [2.75, 3.05) is 0 Å². The molecule has 0 saturated carbocycles. The number of nitrogens with two attached hydrogens (primary N) is 1. The van der Waals surface area contributed by atoms with Gasteiger partial charge >= 0.3 is 0 Å². The molecule has 0 saturated heterocycles. The minimum Gasteiger partial charge on any atom is -0.481 e. The highest BCUT2D eigenvalue weighted by molar-refractivity contribution is 5.80. The number of amides is 1. The van der Waals surface area contributed by atoms with E-state index in [4.69, 9.17) is 10.6 Å². The molecule has 0 heterocycles. The zero-order chi connectivity index (χ0) is 14.5. The van der Waals surface area contributed by atoms with E-state index in [0.717, 1.165) is 6.42 Å². The fraction of sp³-hybridized carbons (Fsp3) is 0.533. The molecule has 1 rings (SSSR count). The maximum Gasteiger partial charge on any atom is 0.274 e. The maximum absolute atomic E-state index is 11.5. The van der Waals surface area contributed by atoms with Gasteiger partial charge in [-0.15, -0.1) is 0 Å². The molecule has 0 aliphatic rings. The van der Waals surface area contributed by atoms with Crippen LogP contribution in [0.15, 0.2) is 24.3 Å². The third-order valence-electron chi connectivity index (χ3n) is 3.60. The average Bonchev–Trinajstić information content (AvgIpc) is 2.44. The van der Waals surface area contributed by atoms with Gasteiger partial charge in [-0.25, -0.2) is 5.84 Å². The molecule has 1 amide bonds. The van der Waals surface area contributed by atoms with Crippen molar-refractivity contribution in [3.05, 3.63) is 29.8 Å². The number of nitrogens with one attached hydrogen (secondary N) is 1. The van der Waals surface area contributed by atoms with E-state index in [-0.39, 0.29) is 11.3 Å². The SMILES string of the molecule is CCC(Oc1ccc(C(C)(C)CC)cc1)C(=O)NN. The Morgan fingerprint density at radius 2 is 1.89 bits per heavy atom. The molecule has 19 heavy (non-hydrogen) atoms. The standard InChI is InChI=1S/C15H24N2O2/c1-5-13(14(18)17-16)19-12-9-7-11(8-10-12)15(3,4)6-2/h7-10,13H,5-6,16H2,1-4H3,(H,17,18). The Kier molecular flexibility index (Phi) is 5.36. The Morgan fingerprint density at radius 1 is 1.32 bits per heavy atom. The van der Waals surface area contributed by atoms with E-state index in [9.17, 15) is 4.79 Å². The summed E-state index contributed by atoms with van der Waals surface area (Å²) in [4.78, 5) is 11.5. The van der Waals surface area contributed by atoms with Gasteiger partial charge in [-0.2, -0.15) is 0 Å². The van der Waals surface area contributed by atoms with Crippen molar-refractivity contribution in [1.29, 1.82) is 0 Å². The van der Waals surface area contributed by atoms with E-state index in [1.54, 1.807) is 0 Å². The highest BCUT2D eigenvalue weighted by Crippen LogP contribution is 2.28. The van der Waals surface area contributed by atoms with E-state index in [2.05, 4.69) is 26.2 Å². The van der Waals surface area contributed by atoms with Gasteiger partial charge in [-0.3, -0.25) is 10.2 Å². The van der Waals surface area contributed by atoms with Gasteiger partial charge in [0.15, 0.2) is 6.10 Å². The van der Waals surface area contributed by atoms with Crippen molar-refractivity contribution in [3.63, 3.8) is 0 Å². The van der Waals surface area contributed by atoms with Crippen molar-refractivity contribution in [3.8, 4) is 5.75 Å². The van der Waals surface area contributed by atoms with Gasteiger partial charge in [-0.1, -0.05) is 39.8 Å². The van der Waals surface area contributed by atoms with Crippen LogP contribution in [0.3, 0.4) is 0 Å². The number of rotatable bonds is 6. The van der Waals surface area contributed by atoms with E-state index in [0.29, 0.717) is 12.2 Å². The number of hydrogen-bond donors (Lipinski definition) is 2. The van der Waals surface area contributed by atoms with Crippen LogP contribution in [-0.2, 0) is 10.2 Å². The molecule has 0 bridgehead atoms. The third-order valence-corrected chi connectivity index (χ3v) is 3.60. The quantitative estimate of drug-likeness (QED) is 0.471. The van der Waals surface area contributed by atoms with E-state index >= 15 is 0 Å². The zero-order valence-corrected chi connectivity index (χ0v) is 12.2. The molecule has 1 unspecified atom stereocenters. The monoisotopic (exact) mass is 264 g/mol. The first-order valence-electron chi connectivity index (χ1n) is 6.72. The summed E-state index contributed by atoms with van der Waals surface area (Å²) in [6.45, 7) is 8.47. The summed E-state index contributed by atoms with van der Waals surface area (Å²) in [6.07, 6.45) is 1.10. The van der Waals surface area contributed by atoms with Gasteiger partial charge in [0.05, 0.1) is 0 Å². The molecule has 0 aliphatic heterocycles. The molecule has 1 atom stereocenters. The first kappa shape index (κ1) is 15.5. The summed E-state index contributed by atoms with van der Waals surface area (Å²) in [5.74, 6) is 5.50. The lowest BCUT2D eigenvalue weighted by Gasteiger charge is -2.24. The van der Waals surface area contributed by atoms with Crippen LogP contribution in [-0.4, -0.2) is 12.0 Å². The molecule has 3 N–H and O–H groups in total. The predicted molar refractivity (Wildman–Crippen MR) is 76.8 cm³/mol. The van der Waals surface area contributed by atoms with Crippen molar-refractivity contribution in [2.24, 2.45) is 5.84 Å². The van der Waals surface area contributed by atoms with Gasteiger partial charge in [0.2, 0.25) is 0 Å². The maximum atomic E-state index is 11.5. The van der Waals surface area contributed by atoms with E-state index in [1.165, 1.54) is 5.56 Å². The van der Waals surface area contributed by atoms with Gasteiger partial charge in [0, 0.05) is 0 Å². The van der Waals surface area contributed by atoms with Gasteiger partial charge < -0.3 is 4.74 Å². The number of hydrogen-bond acceptors (Lipinski definition) is 3. The molecule has 0 aliphatic carbocycles. The molecule has 0 radical (unpaired) electrons. The minimum atomic E-state index is -0.546. The number of carbonyl (C=O) groups is 1. The van der Waals surface area contributed by atoms with Gasteiger partial charge in [0.1, 0.15) is 5.75 Å². The summed E-state index contributed by atoms with van der Waals surface area (Å²) in [7, 11) is 0. The van der Waals surface area contributed by atoms with Crippen LogP contribution in [0, 0.1) is 0 Å². The van der Waals surface area contributed by atoms with Crippen LogP contribution >= 0.6 is 0 Å². The fourth-order valence-electron chi connectivity index (χ4n) is 1.77. The average molecular weight is 264 g/mol. The smallest absolute Gasteiger partial charge is 0.274 e. The zero-order valence-electron chi connectivity index (χ0n) is 12.2. The van der Waals surface area contributed by atoms with Crippen LogP contribution in [0.1, 0.15) is 46.1 Å². The largest absolute Gasteiger partial charge is 0.481 e. The summed E-state index contributed by atoms with van der Waals surface area (Å²) in [6, 6.07) is 7.90. The van der Waals surface area contributed by atoms with Crippen LogP contribution in [0.4, 0.5) is 0 Å². The number of hydrazine groups is 1. The third kappa shape index (κ3) is 3.96. The summed E-state index contributed by atoms with van der Waals surface area (Å²) in [5, 5.41) is 0. The highest BCUT2D eigenvalue weighted by atomic mass is 16.5. The molecular formula is C15H24N2O2. The number of carbonyl (C=O) groups excluding carboxylic acids is 1. The molecule has 0 fully saturated rings. The summed E-state index contributed by atoms with van der Waals surface area (Å²) in [5.41, 5.74) is 3.53. The second-order valence-electron chi connectivity index (χ2n) is 5.29. The Hall–Kier alpha value is -1.55. The van der Waals surface area contributed by atoms with Gasteiger partial charge in [0.25, 0.3) is 5.91 Å². The number of benzene rings is 1. The Labute approximate surface area is 115 Å². The molecule has 106 valence electrons. The lowest BCUT2D eigenvalue weighted by molar-refractivity contribution is -0.128. The van der Waals surface area contributed by atoms with E-state index < -0.39 is 6.10 Å². The van der Waals surface area contributed by atoms with Crippen LogP contribution < -0.4 is 16.0 Å². The first-order valence-corrected chi connectivity index (χ1v) is 6.72. The molecule has 1 aromatic carbocycles. The van der Waals surface area contributed by atoms with Crippen molar-refractivity contribution >= 4 is 5.91 Å². The molecule has 4 nitrogen and oxygen atoms in total. The second-order valence-corrected chi connectivity index (χ2v) is 5.29. The topological polar surface area (TPSA) is 64.3 Å². The molecule has 0 spiro atoms. The minimum absolute atomic E-state index is 0.150. The Bertz CT molecular complexity index is 413. The fourth-order valence-corrected chi connectivity index (χ4v) is 1.77. The summed E-state index contributed by atoms with van der Waals surface area (Å²) < 4.78 is 5.63. The molecule has 4 heteroatoms. The number of ether oxygens (including phenoxy) is 1. The Morgan fingerprint density at radius 3 is 2.32 bits per heavy atom. The lowest BCUT2D eigenvalue weighted by Crippen LogP contribution is -2.41. The van der Waals surface area contributed by atoms with E-state index in [1.807, 2.05) is 31.2 Å². The van der Waals surface area contributed by atoms with Crippen LogP contribution in [0.5, 0.6) is 5.75 Å². The predicted octanol–water partition coefficient (Wildman–Crippen LogP) is 2.52. The van der Waals surface area contributed by atoms with Gasteiger partial charge in [-0.05, 0) is 36.0 Å². The molecule has 1 aromatic rings. The Balaban J connectivity index is 2.79. The summed E-state index contributed by atoms with van der Waals surface area (Å²) >= 11 is 0. The second kappa shape index (κ2) is 6.57. The normalized spacial score (nSPS) is 12.9. The van der Waals surface area contributed by atoms with Crippen molar-refractivity contribution in [1.82, 2.24) is 5.43 Å². The first-order chi connectivity index (χ1) is 8.94. The molecular weight excluding hydrogens is 240 g/mol. The van der Waals surface area contributed by atoms with Crippen LogP contribution in [0.25, 0.3) is 0 Å².